The fraction of sp³-hybridized carbons (Fsp3) is 0.364. The van der Waals surface area contributed by atoms with E-state index in [1.165, 1.54) is 0 Å². The number of carbonyl (C=O) groups excluding carboxylic acids is 2. The number of hydrogen-bond acceptors (Lipinski definition) is 4. The molecule has 2 aromatic carbocycles. The number of amides is 1. The molecule has 1 N–H and O–H groups in total. The van der Waals surface area contributed by atoms with Crippen molar-refractivity contribution in [3.05, 3.63) is 59.2 Å². The van der Waals surface area contributed by atoms with E-state index in [4.69, 9.17) is 9.47 Å². The first-order valence-electron chi connectivity index (χ1n) is 9.01. The van der Waals surface area contributed by atoms with E-state index in [1.807, 2.05) is 25.1 Å². The number of esters is 1. The third-order valence-corrected chi connectivity index (χ3v) is 3.98. The van der Waals surface area contributed by atoms with E-state index in [9.17, 15) is 9.59 Å². The van der Waals surface area contributed by atoms with Gasteiger partial charge >= 0.3 is 5.97 Å². The highest BCUT2D eigenvalue weighted by Gasteiger charge is 2.19. The van der Waals surface area contributed by atoms with Crippen molar-refractivity contribution in [2.45, 2.75) is 40.0 Å². The number of hydrogen-bond donors (Lipinski definition) is 1. The molecular weight excluding hydrogens is 342 g/mol. The van der Waals surface area contributed by atoms with E-state index in [1.54, 1.807) is 31.2 Å². The van der Waals surface area contributed by atoms with Crippen LogP contribution in [0.5, 0.6) is 5.75 Å². The Morgan fingerprint density at radius 3 is 2.30 bits per heavy atom. The van der Waals surface area contributed by atoms with Gasteiger partial charge in [0.15, 0.2) is 6.61 Å². The summed E-state index contributed by atoms with van der Waals surface area (Å²) in [6, 6.07) is 12.6. The lowest BCUT2D eigenvalue weighted by molar-refractivity contribution is -0.118. The Kier molecular flexibility index (Phi) is 6.61. The maximum Gasteiger partial charge on any atom is 0.338 e. The molecule has 0 saturated heterocycles. The minimum Gasteiger partial charge on any atom is -0.483 e. The van der Waals surface area contributed by atoms with Crippen molar-refractivity contribution in [2.24, 2.45) is 0 Å². The van der Waals surface area contributed by atoms with Gasteiger partial charge in [0.25, 0.3) is 5.91 Å². The first kappa shape index (κ1) is 20.5. The largest absolute Gasteiger partial charge is 0.483 e. The van der Waals surface area contributed by atoms with Crippen molar-refractivity contribution in [3.8, 4) is 5.75 Å². The summed E-state index contributed by atoms with van der Waals surface area (Å²) in [5, 5.41) is 2.77. The number of rotatable bonds is 6. The van der Waals surface area contributed by atoms with Crippen molar-refractivity contribution >= 4 is 17.6 Å². The summed E-state index contributed by atoms with van der Waals surface area (Å²) in [6.07, 6.45) is 0. The molecule has 5 heteroatoms. The highest BCUT2D eigenvalue weighted by atomic mass is 16.5. The monoisotopic (exact) mass is 369 g/mol. The summed E-state index contributed by atoms with van der Waals surface area (Å²) in [6.45, 7) is 10.3. The molecule has 144 valence electrons. The smallest absolute Gasteiger partial charge is 0.338 e. The maximum atomic E-state index is 12.2. The Labute approximate surface area is 160 Å². The molecule has 0 aromatic heterocycles. The van der Waals surface area contributed by atoms with Crippen LogP contribution in [0.15, 0.2) is 42.5 Å². The molecule has 2 aromatic rings. The fourth-order valence-corrected chi connectivity index (χ4v) is 2.61. The lowest BCUT2D eigenvalue weighted by Gasteiger charge is -2.23. The molecule has 0 heterocycles. The molecule has 27 heavy (non-hydrogen) atoms. The number of benzene rings is 2. The molecule has 0 aliphatic heterocycles. The van der Waals surface area contributed by atoms with E-state index in [2.05, 4.69) is 26.1 Å². The lowest BCUT2D eigenvalue weighted by atomic mass is 9.86. The number of carbonyl (C=O) groups is 2. The summed E-state index contributed by atoms with van der Waals surface area (Å²) in [5.41, 5.74) is 3.09. The minimum atomic E-state index is -0.382. The highest BCUT2D eigenvalue weighted by molar-refractivity contribution is 5.93. The Bertz CT molecular complexity index is 804. The molecule has 2 rings (SSSR count). The first-order chi connectivity index (χ1) is 12.7. The Morgan fingerprint density at radius 1 is 1.04 bits per heavy atom. The number of aryl methyl sites for hydroxylation is 1. The van der Waals surface area contributed by atoms with Crippen LogP contribution >= 0.6 is 0 Å². The molecule has 0 spiro atoms. The molecular formula is C22H27NO4. The zero-order valence-corrected chi connectivity index (χ0v) is 16.6. The summed E-state index contributed by atoms with van der Waals surface area (Å²) >= 11 is 0. The van der Waals surface area contributed by atoms with Crippen molar-refractivity contribution in [3.63, 3.8) is 0 Å². The number of ether oxygens (including phenoxy) is 2. The van der Waals surface area contributed by atoms with Gasteiger partial charge in [-0.15, -0.1) is 0 Å². The number of anilines is 1. The number of nitrogens with one attached hydrogen (secondary N) is 1. The van der Waals surface area contributed by atoms with E-state index < -0.39 is 0 Å². The molecule has 0 saturated carbocycles. The van der Waals surface area contributed by atoms with E-state index in [0.29, 0.717) is 17.9 Å². The van der Waals surface area contributed by atoms with Gasteiger partial charge in [-0.25, -0.2) is 4.79 Å². The van der Waals surface area contributed by atoms with E-state index >= 15 is 0 Å². The van der Waals surface area contributed by atoms with Gasteiger partial charge in [0.05, 0.1) is 12.2 Å². The van der Waals surface area contributed by atoms with Crippen LogP contribution in [0, 0.1) is 6.92 Å². The second-order valence-electron chi connectivity index (χ2n) is 7.38. The van der Waals surface area contributed by atoms with Gasteiger partial charge in [0, 0.05) is 5.69 Å². The van der Waals surface area contributed by atoms with Gasteiger partial charge < -0.3 is 14.8 Å². The first-order valence-corrected chi connectivity index (χ1v) is 9.01. The SMILES string of the molecule is CCOC(=O)c1ccc(NC(=O)COc2cc(C)ccc2C(C)(C)C)cc1. The van der Waals surface area contributed by atoms with Crippen LogP contribution in [0.25, 0.3) is 0 Å². The Hall–Kier alpha value is -2.82. The van der Waals surface area contributed by atoms with Crippen LogP contribution in [-0.4, -0.2) is 25.1 Å². The topological polar surface area (TPSA) is 64.6 Å². The van der Waals surface area contributed by atoms with Crippen LogP contribution in [0.2, 0.25) is 0 Å². The molecule has 1 amide bonds. The van der Waals surface area contributed by atoms with Crippen molar-refractivity contribution in [2.75, 3.05) is 18.5 Å². The standard InChI is InChI=1S/C22H27NO4/c1-6-26-21(25)16-8-10-17(11-9-16)23-20(24)14-27-19-13-15(2)7-12-18(19)22(3,4)5/h7-13H,6,14H2,1-5H3,(H,23,24). The molecule has 0 fully saturated rings. The Balaban J connectivity index is 1.99. The van der Waals surface area contributed by atoms with Crippen molar-refractivity contribution in [1.29, 1.82) is 0 Å². The zero-order chi connectivity index (χ0) is 20.0. The molecule has 0 bridgehead atoms. The minimum absolute atomic E-state index is 0.0809. The van der Waals surface area contributed by atoms with Crippen LogP contribution in [0.4, 0.5) is 5.69 Å². The van der Waals surface area contributed by atoms with E-state index in [0.717, 1.165) is 16.9 Å². The van der Waals surface area contributed by atoms with Gasteiger partial charge in [-0.1, -0.05) is 32.9 Å². The average molecular weight is 369 g/mol. The molecule has 0 atom stereocenters. The lowest BCUT2D eigenvalue weighted by Crippen LogP contribution is -2.22. The van der Waals surface area contributed by atoms with Gasteiger partial charge in [0.1, 0.15) is 5.75 Å². The maximum absolute atomic E-state index is 12.2. The van der Waals surface area contributed by atoms with Gasteiger partial charge in [-0.3, -0.25) is 4.79 Å². The second-order valence-corrected chi connectivity index (χ2v) is 7.38. The molecule has 0 aliphatic rings. The highest BCUT2D eigenvalue weighted by Crippen LogP contribution is 2.32. The molecule has 0 aliphatic carbocycles. The van der Waals surface area contributed by atoms with Crippen LogP contribution < -0.4 is 10.1 Å². The van der Waals surface area contributed by atoms with E-state index in [-0.39, 0.29) is 23.9 Å². The molecule has 5 nitrogen and oxygen atoms in total. The summed E-state index contributed by atoms with van der Waals surface area (Å²) in [5.74, 6) is 0.0726. The summed E-state index contributed by atoms with van der Waals surface area (Å²) in [4.78, 5) is 23.9. The van der Waals surface area contributed by atoms with Crippen molar-refractivity contribution in [1.82, 2.24) is 0 Å². The zero-order valence-electron chi connectivity index (χ0n) is 16.6. The second kappa shape index (κ2) is 8.71. The van der Waals surface area contributed by atoms with Gasteiger partial charge in [-0.05, 0) is 60.7 Å². The fourth-order valence-electron chi connectivity index (χ4n) is 2.61. The predicted octanol–water partition coefficient (Wildman–Crippen LogP) is 4.49. The quantitative estimate of drug-likeness (QED) is 0.762. The third kappa shape index (κ3) is 5.84. The molecule has 0 unspecified atom stereocenters. The predicted molar refractivity (Wildman–Crippen MR) is 106 cm³/mol. The van der Waals surface area contributed by atoms with Crippen LogP contribution in [0.1, 0.15) is 49.2 Å². The van der Waals surface area contributed by atoms with Gasteiger partial charge in [-0.2, -0.15) is 0 Å². The average Bonchev–Trinajstić information content (AvgIpc) is 2.60. The third-order valence-electron chi connectivity index (χ3n) is 3.98. The van der Waals surface area contributed by atoms with Gasteiger partial charge in [0.2, 0.25) is 0 Å². The summed E-state index contributed by atoms with van der Waals surface area (Å²) < 4.78 is 10.7. The normalized spacial score (nSPS) is 11.0. The summed E-state index contributed by atoms with van der Waals surface area (Å²) in [7, 11) is 0. The van der Waals surface area contributed by atoms with Crippen LogP contribution in [-0.2, 0) is 14.9 Å². The molecule has 0 radical (unpaired) electrons. The Morgan fingerprint density at radius 2 is 1.70 bits per heavy atom. The van der Waals surface area contributed by atoms with Crippen molar-refractivity contribution < 1.29 is 19.1 Å². The van der Waals surface area contributed by atoms with Crippen LogP contribution in [0.3, 0.4) is 0 Å².